The van der Waals surface area contributed by atoms with Gasteiger partial charge < -0.3 is 0 Å². The zero-order chi connectivity index (χ0) is 19.9. The van der Waals surface area contributed by atoms with Crippen molar-refractivity contribution in [3.8, 4) is 11.3 Å². The molecule has 0 fully saturated rings. The Hall–Kier alpha value is -2.69. The molecule has 0 saturated carbocycles. The number of benzene rings is 1. The number of aromatic nitrogens is 3. The highest BCUT2D eigenvalue weighted by molar-refractivity contribution is 5.62. The van der Waals surface area contributed by atoms with E-state index in [2.05, 4.69) is 42.0 Å². The van der Waals surface area contributed by atoms with Crippen LogP contribution in [0, 0.1) is 17.6 Å². The molecule has 0 aliphatic heterocycles. The average molecular weight is 379 g/mol. The lowest BCUT2D eigenvalue weighted by Crippen LogP contribution is -2.34. The van der Waals surface area contributed by atoms with Crippen molar-refractivity contribution in [2.45, 2.75) is 44.9 Å². The van der Waals surface area contributed by atoms with Crippen molar-refractivity contribution in [3.05, 3.63) is 77.2 Å². The number of halogens is 2. The molecule has 0 bridgehead atoms. The molecule has 1 aliphatic carbocycles. The van der Waals surface area contributed by atoms with Crippen molar-refractivity contribution in [2.24, 2.45) is 5.92 Å². The third kappa shape index (κ3) is 2.99. The molecule has 0 amide bonds. The highest BCUT2D eigenvalue weighted by Crippen LogP contribution is 2.48. The van der Waals surface area contributed by atoms with Gasteiger partial charge in [0.05, 0.1) is 17.0 Å². The van der Waals surface area contributed by atoms with E-state index in [0.717, 1.165) is 29.7 Å². The summed E-state index contributed by atoms with van der Waals surface area (Å²) in [5.74, 6) is -0.592. The van der Waals surface area contributed by atoms with Crippen molar-refractivity contribution >= 4 is 0 Å². The Morgan fingerprint density at radius 1 is 1.07 bits per heavy atom. The predicted molar refractivity (Wildman–Crippen MR) is 105 cm³/mol. The first-order chi connectivity index (χ1) is 13.4. The first-order valence-electron chi connectivity index (χ1n) is 9.65. The van der Waals surface area contributed by atoms with Crippen molar-refractivity contribution in [1.29, 1.82) is 0 Å². The van der Waals surface area contributed by atoms with Crippen molar-refractivity contribution in [2.75, 3.05) is 0 Å². The lowest BCUT2D eigenvalue weighted by molar-refractivity contribution is 0.351. The van der Waals surface area contributed by atoms with Gasteiger partial charge in [0.1, 0.15) is 11.6 Å². The van der Waals surface area contributed by atoms with Crippen LogP contribution in [0.15, 0.2) is 48.8 Å². The van der Waals surface area contributed by atoms with Crippen LogP contribution in [0.4, 0.5) is 8.78 Å². The highest BCUT2D eigenvalue weighted by atomic mass is 19.1. The van der Waals surface area contributed by atoms with Gasteiger partial charge in [-0.2, -0.15) is 5.10 Å². The van der Waals surface area contributed by atoms with Crippen LogP contribution in [0.2, 0.25) is 0 Å². The minimum atomic E-state index is -0.624. The standard InChI is InChI=1S/C23H23F2N3/c1-14(2)16-9-10-23(3,15-6-5-11-26-13-15)22-17(16)12-20(27-28-22)21-18(24)7-4-8-19(21)25/h4-8,11-14,16H,9-10H2,1-3H3. The molecule has 0 N–H and O–H groups in total. The lowest BCUT2D eigenvalue weighted by atomic mass is 9.65. The van der Waals surface area contributed by atoms with Gasteiger partial charge in [-0.15, -0.1) is 5.10 Å². The molecule has 28 heavy (non-hydrogen) atoms. The maximum absolute atomic E-state index is 14.3. The molecule has 2 unspecified atom stereocenters. The van der Waals surface area contributed by atoms with E-state index in [-0.39, 0.29) is 22.6 Å². The van der Waals surface area contributed by atoms with Gasteiger partial charge >= 0.3 is 0 Å². The topological polar surface area (TPSA) is 38.7 Å². The van der Waals surface area contributed by atoms with Gasteiger partial charge in [-0.3, -0.25) is 4.98 Å². The second-order valence-corrected chi connectivity index (χ2v) is 8.09. The van der Waals surface area contributed by atoms with E-state index in [1.165, 1.54) is 18.2 Å². The van der Waals surface area contributed by atoms with E-state index >= 15 is 0 Å². The molecule has 0 saturated heterocycles. The minimum Gasteiger partial charge on any atom is -0.264 e. The number of nitrogens with zero attached hydrogens (tertiary/aromatic N) is 3. The number of rotatable bonds is 3. The van der Waals surface area contributed by atoms with E-state index in [1.807, 2.05) is 18.3 Å². The van der Waals surface area contributed by atoms with Gasteiger partial charge in [0.2, 0.25) is 0 Å². The fourth-order valence-electron chi connectivity index (χ4n) is 4.36. The Morgan fingerprint density at radius 2 is 1.82 bits per heavy atom. The fraction of sp³-hybridized carbons (Fsp3) is 0.348. The van der Waals surface area contributed by atoms with Crippen LogP contribution in [0.3, 0.4) is 0 Å². The first kappa shape index (κ1) is 18.7. The molecule has 1 aliphatic rings. The van der Waals surface area contributed by atoms with E-state index in [1.54, 1.807) is 6.20 Å². The normalized spacial score (nSPS) is 21.6. The number of hydrogen-bond acceptors (Lipinski definition) is 3. The third-order valence-electron chi connectivity index (χ3n) is 6.02. The van der Waals surface area contributed by atoms with Crippen LogP contribution in [0.25, 0.3) is 11.3 Å². The van der Waals surface area contributed by atoms with E-state index in [0.29, 0.717) is 5.92 Å². The summed E-state index contributed by atoms with van der Waals surface area (Å²) in [4.78, 5) is 4.27. The fourth-order valence-corrected chi connectivity index (χ4v) is 4.36. The second-order valence-electron chi connectivity index (χ2n) is 8.09. The van der Waals surface area contributed by atoms with E-state index in [4.69, 9.17) is 0 Å². The Morgan fingerprint density at radius 3 is 2.46 bits per heavy atom. The summed E-state index contributed by atoms with van der Waals surface area (Å²) >= 11 is 0. The largest absolute Gasteiger partial charge is 0.264 e. The quantitative estimate of drug-likeness (QED) is 0.590. The number of hydrogen-bond donors (Lipinski definition) is 0. The second kappa shape index (κ2) is 7.04. The molecular formula is C23H23F2N3. The van der Waals surface area contributed by atoms with E-state index < -0.39 is 11.6 Å². The Bertz CT molecular complexity index is 984. The molecule has 1 aromatic carbocycles. The smallest absolute Gasteiger partial charge is 0.135 e. The Kier molecular flexibility index (Phi) is 4.69. The van der Waals surface area contributed by atoms with Crippen LogP contribution < -0.4 is 0 Å². The van der Waals surface area contributed by atoms with Crippen LogP contribution in [-0.2, 0) is 5.41 Å². The zero-order valence-corrected chi connectivity index (χ0v) is 16.3. The van der Waals surface area contributed by atoms with Gasteiger partial charge in [0.15, 0.2) is 0 Å². The van der Waals surface area contributed by atoms with Crippen LogP contribution in [0.5, 0.6) is 0 Å². The Balaban J connectivity index is 1.91. The third-order valence-corrected chi connectivity index (χ3v) is 6.02. The molecule has 0 radical (unpaired) electrons. The van der Waals surface area contributed by atoms with Gasteiger partial charge in [0.25, 0.3) is 0 Å². The monoisotopic (exact) mass is 379 g/mol. The molecule has 2 atom stereocenters. The lowest BCUT2D eigenvalue weighted by Gasteiger charge is -2.39. The molecule has 2 aromatic heterocycles. The average Bonchev–Trinajstić information content (AvgIpc) is 2.68. The minimum absolute atomic E-state index is 0.117. The summed E-state index contributed by atoms with van der Waals surface area (Å²) < 4.78 is 28.6. The molecule has 0 spiro atoms. The number of pyridine rings is 1. The van der Waals surface area contributed by atoms with Crippen molar-refractivity contribution in [1.82, 2.24) is 15.2 Å². The van der Waals surface area contributed by atoms with E-state index in [9.17, 15) is 8.78 Å². The van der Waals surface area contributed by atoms with Crippen molar-refractivity contribution < 1.29 is 8.78 Å². The molecule has 2 heterocycles. The Labute approximate surface area is 163 Å². The van der Waals surface area contributed by atoms with Gasteiger partial charge in [-0.05, 0) is 67.0 Å². The van der Waals surface area contributed by atoms with Gasteiger partial charge in [-0.25, -0.2) is 8.78 Å². The summed E-state index contributed by atoms with van der Waals surface area (Å²) in [5.41, 5.74) is 2.79. The molecule has 5 heteroatoms. The van der Waals surface area contributed by atoms with Crippen molar-refractivity contribution in [3.63, 3.8) is 0 Å². The highest BCUT2D eigenvalue weighted by Gasteiger charge is 2.40. The maximum atomic E-state index is 14.3. The maximum Gasteiger partial charge on any atom is 0.135 e. The van der Waals surface area contributed by atoms with Crippen LogP contribution >= 0.6 is 0 Å². The molecule has 4 rings (SSSR count). The molecule has 144 valence electrons. The van der Waals surface area contributed by atoms with Crippen LogP contribution in [-0.4, -0.2) is 15.2 Å². The molecule has 3 nitrogen and oxygen atoms in total. The zero-order valence-electron chi connectivity index (χ0n) is 16.3. The van der Waals surface area contributed by atoms with Crippen LogP contribution in [0.1, 0.15) is 56.4 Å². The molecule has 3 aromatic rings. The first-order valence-corrected chi connectivity index (χ1v) is 9.65. The summed E-state index contributed by atoms with van der Waals surface area (Å²) in [6.07, 6.45) is 5.52. The summed E-state index contributed by atoms with van der Waals surface area (Å²) in [5, 5.41) is 8.78. The van der Waals surface area contributed by atoms with Gasteiger partial charge in [-0.1, -0.05) is 26.0 Å². The molecular weight excluding hydrogens is 356 g/mol. The number of fused-ring (bicyclic) bond motifs is 1. The summed E-state index contributed by atoms with van der Waals surface area (Å²) in [6.45, 7) is 6.49. The van der Waals surface area contributed by atoms with Gasteiger partial charge in [0, 0.05) is 17.8 Å². The summed E-state index contributed by atoms with van der Waals surface area (Å²) in [6, 6.07) is 9.67. The SMILES string of the molecule is CC(C)C1CCC(C)(c2cccnc2)c2nnc(-c3c(F)cccc3F)cc21. The predicted octanol–water partition coefficient (Wildman–Crippen LogP) is 5.66. The summed E-state index contributed by atoms with van der Waals surface area (Å²) in [7, 11) is 0.